The highest BCUT2D eigenvalue weighted by atomic mass is 32.2. The number of hydrogen-bond donors (Lipinski definition) is 2. The van der Waals surface area contributed by atoms with Gasteiger partial charge in [0.1, 0.15) is 0 Å². The standard InChI is InChI=1S/C15H26N4O3S/c1-18-15(6-9-16-18)23(21,22)17-12-7-10-19(11-8-12)13-4-2-3-5-14(13)20/h6,9,12-14,17,20H,2-5,7-8,10-11H2,1H3/t13-,14+/m1/s1. The second-order valence-corrected chi connectivity index (χ2v) is 8.30. The SMILES string of the molecule is Cn1nccc1S(=O)(=O)NC1CCN([C@@H]2CCCC[C@@H]2O)CC1. The molecule has 0 bridgehead atoms. The van der Waals surface area contributed by atoms with Gasteiger partial charge in [-0.05, 0) is 31.7 Å². The molecule has 2 atom stereocenters. The molecule has 2 heterocycles. The zero-order chi connectivity index (χ0) is 16.4. The van der Waals surface area contributed by atoms with Gasteiger partial charge in [-0.1, -0.05) is 12.8 Å². The molecule has 1 aliphatic carbocycles. The summed E-state index contributed by atoms with van der Waals surface area (Å²) in [4.78, 5) is 2.33. The first-order chi connectivity index (χ1) is 11.0. The van der Waals surface area contributed by atoms with E-state index in [2.05, 4.69) is 14.7 Å². The van der Waals surface area contributed by atoms with Crippen LogP contribution in [-0.2, 0) is 17.1 Å². The van der Waals surface area contributed by atoms with Crippen LogP contribution in [0, 0.1) is 0 Å². The van der Waals surface area contributed by atoms with Crippen LogP contribution in [0.1, 0.15) is 38.5 Å². The van der Waals surface area contributed by atoms with E-state index in [-0.39, 0.29) is 23.2 Å². The van der Waals surface area contributed by atoms with Gasteiger partial charge in [0.25, 0.3) is 10.0 Å². The maximum absolute atomic E-state index is 12.4. The van der Waals surface area contributed by atoms with E-state index in [0.29, 0.717) is 0 Å². The van der Waals surface area contributed by atoms with Gasteiger partial charge >= 0.3 is 0 Å². The van der Waals surface area contributed by atoms with Gasteiger partial charge in [-0.25, -0.2) is 13.1 Å². The van der Waals surface area contributed by atoms with Crippen LogP contribution < -0.4 is 4.72 Å². The molecule has 1 aromatic heterocycles. The molecular formula is C15H26N4O3S. The molecule has 23 heavy (non-hydrogen) atoms. The first kappa shape index (κ1) is 16.9. The summed E-state index contributed by atoms with van der Waals surface area (Å²) in [6.07, 6.45) is 7.03. The number of rotatable bonds is 4. The molecule has 0 spiro atoms. The van der Waals surface area contributed by atoms with Crippen molar-refractivity contribution >= 4 is 10.0 Å². The van der Waals surface area contributed by atoms with E-state index in [1.165, 1.54) is 23.4 Å². The predicted octanol–water partition coefficient (Wildman–Crippen LogP) is 0.466. The van der Waals surface area contributed by atoms with Crippen LogP contribution in [0.5, 0.6) is 0 Å². The van der Waals surface area contributed by atoms with Gasteiger partial charge in [-0.3, -0.25) is 9.58 Å². The Hall–Kier alpha value is -0.960. The minimum absolute atomic E-state index is 0.0492. The first-order valence-corrected chi connectivity index (χ1v) is 9.88. The largest absolute Gasteiger partial charge is 0.391 e. The molecule has 0 radical (unpaired) electrons. The lowest BCUT2D eigenvalue weighted by molar-refractivity contribution is 0.00830. The number of aliphatic hydroxyl groups is 1. The molecule has 2 N–H and O–H groups in total. The zero-order valence-electron chi connectivity index (χ0n) is 13.6. The Morgan fingerprint density at radius 3 is 2.52 bits per heavy atom. The predicted molar refractivity (Wildman–Crippen MR) is 86.4 cm³/mol. The molecule has 2 fully saturated rings. The lowest BCUT2D eigenvalue weighted by Gasteiger charge is -2.41. The smallest absolute Gasteiger partial charge is 0.257 e. The zero-order valence-corrected chi connectivity index (χ0v) is 14.4. The fourth-order valence-electron chi connectivity index (χ4n) is 3.77. The van der Waals surface area contributed by atoms with Crippen molar-refractivity contribution in [3.05, 3.63) is 12.3 Å². The third kappa shape index (κ3) is 3.76. The number of hydrogen-bond acceptors (Lipinski definition) is 5. The molecule has 8 heteroatoms. The summed E-state index contributed by atoms with van der Waals surface area (Å²) in [5.41, 5.74) is 0. The Bertz CT molecular complexity index is 622. The molecular weight excluding hydrogens is 316 g/mol. The number of piperidine rings is 1. The van der Waals surface area contributed by atoms with Crippen molar-refractivity contribution in [2.24, 2.45) is 7.05 Å². The van der Waals surface area contributed by atoms with Crippen molar-refractivity contribution in [1.29, 1.82) is 0 Å². The number of aliphatic hydroxyl groups excluding tert-OH is 1. The minimum Gasteiger partial charge on any atom is -0.391 e. The number of aryl methyl sites for hydroxylation is 1. The van der Waals surface area contributed by atoms with Crippen LogP contribution in [-0.4, -0.2) is 59.5 Å². The average molecular weight is 342 g/mol. The third-order valence-corrected chi connectivity index (χ3v) is 6.66. The Morgan fingerprint density at radius 1 is 1.22 bits per heavy atom. The fourth-order valence-corrected chi connectivity index (χ4v) is 5.20. The summed E-state index contributed by atoms with van der Waals surface area (Å²) < 4.78 is 29.0. The lowest BCUT2D eigenvalue weighted by atomic mass is 9.90. The first-order valence-electron chi connectivity index (χ1n) is 8.40. The normalized spacial score (nSPS) is 28.1. The lowest BCUT2D eigenvalue weighted by Crippen LogP contribution is -2.52. The third-order valence-electron chi connectivity index (χ3n) is 5.07. The van der Waals surface area contributed by atoms with Crippen molar-refractivity contribution < 1.29 is 13.5 Å². The van der Waals surface area contributed by atoms with Gasteiger partial charge in [0.05, 0.1) is 12.3 Å². The second kappa shape index (κ2) is 6.88. The molecule has 0 unspecified atom stereocenters. The van der Waals surface area contributed by atoms with Gasteiger partial charge in [-0.15, -0.1) is 0 Å². The summed E-state index contributed by atoms with van der Waals surface area (Å²) in [5, 5.41) is 14.3. The van der Waals surface area contributed by atoms with Crippen molar-refractivity contribution in [1.82, 2.24) is 19.4 Å². The molecule has 1 saturated carbocycles. The highest BCUT2D eigenvalue weighted by molar-refractivity contribution is 7.89. The van der Waals surface area contributed by atoms with Crippen molar-refractivity contribution in [3.8, 4) is 0 Å². The Labute approximate surface area is 137 Å². The van der Waals surface area contributed by atoms with Crippen LogP contribution >= 0.6 is 0 Å². The summed E-state index contributed by atoms with van der Waals surface area (Å²) in [5.74, 6) is 0. The van der Waals surface area contributed by atoms with Crippen molar-refractivity contribution in [2.45, 2.75) is 61.7 Å². The second-order valence-electron chi connectivity index (χ2n) is 6.64. The van der Waals surface area contributed by atoms with E-state index in [1.54, 1.807) is 7.05 Å². The van der Waals surface area contributed by atoms with E-state index in [0.717, 1.165) is 45.2 Å². The van der Waals surface area contributed by atoms with E-state index in [9.17, 15) is 13.5 Å². The van der Waals surface area contributed by atoms with Gasteiger partial charge in [-0.2, -0.15) is 5.10 Å². The molecule has 1 aliphatic heterocycles. The quantitative estimate of drug-likeness (QED) is 0.830. The van der Waals surface area contributed by atoms with Crippen LogP contribution in [0.3, 0.4) is 0 Å². The summed E-state index contributed by atoms with van der Waals surface area (Å²) in [6.45, 7) is 1.67. The summed E-state index contributed by atoms with van der Waals surface area (Å²) in [6, 6.07) is 1.71. The van der Waals surface area contributed by atoms with Crippen LogP contribution in [0.25, 0.3) is 0 Å². The molecule has 3 rings (SSSR count). The highest BCUT2D eigenvalue weighted by Gasteiger charge is 2.33. The van der Waals surface area contributed by atoms with E-state index < -0.39 is 10.0 Å². The summed E-state index contributed by atoms with van der Waals surface area (Å²) >= 11 is 0. The van der Waals surface area contributed by atoms with Gasteiger partial charge < -0.3 is 5.11 Å². The average Bonchev–Trinajstić information content (AvgIpc) is 2.96. The summed E-state index contributed by atoms with van der Waals surface area (Å²) in [7, 11) is -1.89. The molecule has 1 aromatic rings. The van der Waals surface area contributed by atoms with Crippen LogP contribution in [0.4, 0.5) is 0 Å². The number of nitrogens with zero attached hydrogens (tertiary/aromatic N) is 3. The number of likely N-dealkylation sites (tertiary alicyclic amines) is 1. The Balaban J connectivity index is 1.56. The number of aromatic nitrogens is 2. The van der Waals surface area contributed by atoms with E-state index in [1.807, 2.05) is 0 Å². The van der Waals surface area contributed by atoms with E-state index >= 15 is 0 Å². The molecule has 1 saturated heterocycles. The molecule has 7 nitrogen and oxygen atoms in total. The highest BCUT2D eigenvalue weighted by Crippen LogP contribution is 2.26. The Morgan fingerprint density at radius 2 is 1.91 bits per heavy atom. The molecule has 130 valence electrons. The monoisotopic (exact) mass is 342 g/mol. The van der Waals surface area contributed by atoms with Gasteiger partial charge in [0.15, 0.2) is 5.03 Å². The minimum atomic E-state index is -3.52. The molecule has 0 aromatic carbocycles. The van der Waals surface area contributed by atoms with Gasteiger partial charge in [0, 0.05) is 32.2 Å². The number of sulfonamides is 1. The van der Waals surface area contributed by atoms with Crippen molar-refractivity contribution in [3.63, 3.8) is 0 Å². The maximum atomic E-state index is 12.4. The van der Waals surface area contributed by atoms with Crippen molar-refractivity contribution in [2.75, 3.05) is 13.1 Å². The maximum Gasteiger partial charge on any atom is 0.257 e. The Kier molecular flexibility index (Phi) is 5.05. The van der Waals surface area contributed by atoms with Crippen LogP contribution in [0.2, 0.25) is 0 Å². The number of nitrogens with one attached hydrogen (secondary N) is 1. The van der Waals surface area contributed by atoms with E-state index in [4.69, 9.17) is 0 Å². The topological polar surface area (TPSA) is 87.5 Å². The van der Waals surface area contributed by atoms with Gasteiger partial charge in [0.2, 0.25) is 0 Å². The fraction of sp³-hybridized carbons (Fsp3) is 0.800. The molecule has 0 amide bonds. The van der Waals surface area contributed by atoms with Crippen LogP contribution in [0.15, 0.2) is 17.3 Å². The molecule has 2 aliphatic rings.